The van der Waals surface area contributed by atoms with Gasteiger partial charge in [0.1, 0.15) is 5.56 Å². The van der Waals surface area contributed by atoms with Crippen molar-refractivity contribution in [1.29, 1.82) is 0 Å². The Hall–Kier alpha value is -1.91. The fourth-order valence-electron chi connectivity index (χ4n) is 1.15. The van der Waals surface area contributed by atoms with Crippen molar-refractivity contribution in [2.75, 3.05) is 21.2 Å². The topological polar surface area (TPSA) is 59.5 Å². The Morgan fingerprint density at radius 2 is 2.20 bits per heavy atom. The number of nitrogens with zero attached hydrogens (tertiary/aromatic N) is 2. The van der Waals surface area contributed by atoms with Crippen molar-refractivity contribution in [1.82, 2.24) is 9.88 Å². The Morgan fingerprint density at radius 1 is 1.53 bits per heavy atom. The molecule has 0 aliphatic heterocycles. The van der Waals surface area contributed by atoms with Gasteiger partial charge in [0.25, 0.3) is 5.91 Å². The number of aldehydes is 1. The molecule has 5 nitrogen and oxygen atoms in total. The van der Waals surface area contributed by atoms with Gasteiger partial charge in [0, 0.05) is 25.9 Å². The van der Waals surface area contributed by atoms with Crippen LogP contribution in [0.4, 0.5) is 0 Å². The molecule has 0 atom stereocenters. The van der Waals surface area contributed by atoms with Crippen LogP contribution in [-0.4, -0.2) is 43.3 Å². The van der Waals surface area contributed by atoms with E-state index in [1.807, 2.05) is 0 Å². The minimum atomic E-state index is -0.304. The zero-order valence-electron chi connectivity index (χ0n) is 8.85. The first-order valence-electron chi connectivity index (χ1n) is 4.31. The lowest BCUT2D eigenvalue weighted by Gasteiger charge is -2.13. The summed E-state index contributed by atoms with van der Waals surface area (Å²) >= 11 is 0. The molecule has 1 aromatic heterocycles. The van der Waals surface area contributed by atoms with Crippen LogP contribution in [-0.2, 0) is 0 Å². The maximum Gasteiger partial charge on any atom is 0.259 e. The highest BCUT2D eigenvalue weighted by Gasteiger charge is 2.19. The number of aromatic nitrogens is 1. The highest BCUT2D eigenvalue weighted by Crippen LogP contribution is 2.19. The fraction of sp³-hybridized carbons (Fsp3) is 0.300. The van der Waals surface area contributed by atoms with Crippen molar-refractivity contribution in [3.8, 4) is 5.88 Å². The Bertz CT molecular complexity index is 388. The smallest absolute Gasteiger partial charge is 0.259 e. The molecule has 0 aliphatic rings. The molecule has 0 N–H and O–H groups in total. The summed E-state index contributed by atoms with van der Waals surface area (Å²) in [6, 6.07) is 1.48. The van der Waals surface area contributed by atoms with E-state index in [2.05, 4.69) is 4.98 Å². The highest BCUT2D eigenvalue weighted by atomic mass is 16.5. The van der Waals surface area contributed by atoms with Crippen molar-refractivity contribution in [2.24, 2.45) is 0 Å². The maximum absolute atomic E-state index is 11.8. The van der Waals surface area contributed by atoms with Gasteiger partial charge in [0.2, 0.25) is 5.88 Å². The molecule has 0 bridgehead atoms. The van der Waals surface area contributed by atoms with E-state index >= 15 is 0 Å². The second-order valence-corrected chi connectivity index (χ2v) is 3.10. The molecular formula is C10H12N2O3. The maximum atomic E-state index is 11.8. The van der Waals surface area contributed by atoms with Gasteiger partial charge in [-0.25, -0.2) is 4.98 Å². The van der Waals surface area contributed by atoms with Gasteiger partial charge in [0.15, 0.2) is 6.29 Å². The zero-order valence-corrected chi connectivity index (χ0v) is 8.85. The van der Waals surface area contributed by atoms with Crippen LogP contribution in [0, 0.1) is 0 Å². The second-order valence-electron chi connectivity index (χ2n) is 3.10. The Kier molecular flexibility index (Phi) is 3.38. The molecule has 0 fully saturated rings. The lowest BCUT2D eigenvalue weighted by Crippen LogP contribution is -2.24. The summed E-state index contributed by atoms with van der Waals surface area (Å²) in [5, 5.41) is 0. The summed E-state index contributed by atoms with van der Waals surface area (Å²) in [6.45, 7) is 0. The first-order chi connectivity index (χ1) is 7.11. The molecule has 80 valence electrons. The average Bonchev–Trinajstić information content (AvgIpc) is 2.26. The second kappa shape index (κ2) is 4.54. The number of ether oxygens (including phenoxy) is 1. The molecule has 0 unspecified atom stereocenters. The fourth-order valence-corrected chi connectivity index (χ4v) is 1.15. The molecule has 15 heavy (non-hydrogen) atoms. The molecule has 1 heterocycles. The highest BCUT2D eigenvalue weighted by molar-refractivity contribution is 6.03. The minimum Gasteiger partial charge on any atom is -0.480 e. The first-order valence-corrected chi connectivity index (χ1v) is 4.31. The summed E-state index contributed by atoms with van der Waals surface area (Å²) < 4.78 is 4.94. The molecule has 1 amide bonds. The summed E-state index contributed by atoms with van der Waals surface area (Å²) in [5.41, 5.74) is 0.473. The first kappa shape index (κ1) is 11.2. The largest absolute Gasteiger partial charge is 0.480 e. The standard InChI is InChI=1S/C10H12N2O3/c1-12(2)10(14)8-7(6-13)4-5-11-9(8)15-3/h4-6H,1-3H3. The molecule has 1 aromatic rings. The average molecular weight is 208 g/mol. The molecule has 0 radical (unpaired) electrons. The van der Waals surface area contributed by atoms with Gasteiger partial charge in [-0.2, -0.15) is 0 Å². The van der Waals surface area contributed by atoms with E-state index in [1.165, 1.54) is 24.3 Å². The normalized spacial score (nSPS) is 9.53. The molecule has 0 saturated carbocycles. The molecule has 0 spiro atoms. The predicted molar refractivity (Wildman–Crippen MR) is 54.2 cm³/mol. The monoisotopic (exact) mass is 208 g/mol. The third-order valence-corrected chi connectivity index (χ3v) is 1.89. The lowest BCUT2D eigenvalue weighted by atomic mass is 10.1. The van der Waals surface area contributed by atoms with Gasteiger partial charge in [-0.05, 0) is 6.07 Å². The number of amides is 1. The number of methoxy groups -OCH3 is 1. The van der Waals surface area contributed by atoms with Gasteiger partial charge in [-0.3, -0.25) is 9.59 Å². The van der Waals surface area contributed by atoms with E-state index < -0.39 is 0 Å². The van der Waals surface area contributed by atoms with Crippen LogP contribution in [0.2, 0.25) is 0 Å². The van der Waals surface area contributed by atoms with Crippen molar-refractivity contribution in [3.63, 3.8) is 0 Å². The van der Waals surface area contributed by atoms with E-state index in [1.54, 1.807) is 14.1 Å². The van der Waals surface area contributed by atoms with E-state index in [4.69, 9.17) is 4.74 Å². The van der Waals surface area contributed by atoms with Crippen LogP contribution >= 0.6 is 0 Å². The van der Waals surface area contributed by atoms with Gasteiger partial charge in [-0.1, -0.05) is 0 Å². The zero-order chi connectivity index (χ0) is 11.4. The summed E-state index contributed by atoms with van der Waals surface area (Å²) in [4.78, 5) is 27.8. The van der Waals surface area contributed by atoms with Crippen LogP contribution in [0.15, 0.2) is 12.3 Å². The molecule has 0 saturated heterocycles. The van der Waals surface area contributed by atoms with Crippen LogP contribution in [0.3, 0.4) is 0 Å². The molecule has 0 aliphatic carbocycles. The van der Waals surface area contributed by atoms with Gasteiger partial charge in [-0.15, -0.1) is 0 Å². The number of hydrogen-bond donors (Lipinski definition) is 0. The summed E-state index contributed by atoms with van der Waals surface area (Å²) in [6.07, 6.45) is 2.04. The summed E-state index contributed by atoms with van der Waals surface area (Å²) in [7, 11) is 4.61. The van der Waals surface area contributed by atoms with Crippen molar-refractivity contribution >= 4 is 12.2 Å². The third kappa shape index (κ3) is 2.12. The minimum absolute atomic E-state index is 0.165. The van der Waals surface area contributed by atoms with E-state index in [9.17, 15) is 9.59 Å². The SMILES string of the molecule is COc1nccc(C=O)c1C(=O)N(C)C. The van der Waals surface area contributed by atoms with Crippen molar-refractivity contribution in [3.05, 3.63) is 23.4 Å². The van der Waals surface area contributed by atoms with Gasteiger partial charge in [0.05, 0.1) is 7.11 Å². The number of carbonyl (C=O) groups is 2. The van der Waals surface area contributed by atoms with Crippen LogP contribution < -0.4 is 4.74 Å². The Balaban J connectivity index is 3.34. The van der Waals surface area contributed by atoms with Crippen LogP contribution in [0.25, 0.3) is 0 Å². The number of carbonyl (C=O) groups excluding carboxylic acids is 2. The van der Waals surface area contributed by atoms with Crippen molar-refractivity contribution < 1.29 is 14.3 Å². The lowest BCUT2D eigenvalue weighted by molar-refractivity contribution is 0.0819. The van der Waals surface area contributed by atoms with E-state index in [0.29, 0.717) is 6.29 Å². The quantitative estimate of drug-likeness (QED) is 0.683. The van der Waals surface area contributed by atoms with Crippen molar-refractivity contribution in [2.45, 2.75) is 0 Å². The van der Waals surface area contributed by atoms with E-state index in [0.717, 1.165) is 0 Å². The van der Waals surface area contributed by atoms with E-state index in [-0.39, 0.29) is 22.9 Å². The predicted octanol–water partition coefficient (Wildman–Crippen LogP) is 0.604. The third-order valence-electron chi connectivity index (χ3n) is 1.89. The molecule has 5 heteroatoms. The Labute approximate surface area is 87.7 Å². The van der Waals surface area contributed by atoms with Crippen LogP contribution in [0.1, 0.15) is 20.7 Å². The Morgan fingerprint density at radius 3 is 2.67 bits per heavy atom. The molecule has 0 aromatic carbocycles. The molecule has 1 rings (SSSR count). The van der Waals surface area contributed by atoms with Gasteiger partial charge >= 0.3 is 0 Å². The van der Waals surface area contributed by atoms with Crippen LogP contribution in [0.5, 0.6) is 5.88 Å². The number of hydrogen-bond acceptors (Lipinski definition) is 4. The number of pyridine rings is 1. The number of rotatable bonds is 3. The van der Waals surface area contributed by atoms with Gasteiger partial charge < -0.3 is 9.64 Å². The molecular weight excluding hydrogens is 196 g/mol. The summed E-state index contributed by atoms with van der Waals surface area (Å²) in [5.74, 6) is -0.139.